The van der Waals surface area contributed by atoms with Crippen molar-refractivity contribution in [1.82, 2.24) is 5.32 Å². The summed E-state index contributed by atoms with van der Waals surface area (Å²) in [6, 6.07) is 0.913. The lowest BCUT2D eigenvalue weighted by molar-refractivity contribution is 0.339. The van der Waals surface area contributed by atoms with Crippen LogP contribution in [0.2, 0.25) is 0 Å². The normalized spacial score (nSPS) is 30.9. The topological polar surface area (TPSA) is 12.0 Å². The van der Waals surface area contributed by atoms with Crippen LogP contribution in [0.25, 0.3) is 0 Å². The second-order valence-corrected chi connectivity index (χ2v) is 6.01. The molecule has 80 valence electrons. The number of rotatable bonds is 5. The summed E-state index contributed by atoms with van der Waals surface area (Å²) in [5.74, 6) is 1.10. The Bertz CT molecular complexity index is 197. The number of hydrogen-bond donors (Lipinski definition) is 1. The van der Waals surface area contributed by atoms with E-state index < -0.39 is 0 Å². The average Bonchev–Trinajstić information content (AvgIpc) is 3.07. The smallest absolute Gasteiger partial charge is 0.00684 e. The van der Waals surface area contributed by atoms with Crippen LogP contribution in [0, 0.1) is 11.3 Å². The monoisotopic (exact) mass is 193 g/mol. The molecule has 0 unspecified atom stereocenters. The Morgan fingerprint density at radius 2 is 1.71 bits per heavy atom. The second-order valence-electron chi connectivity index (χ2n) is 6.01. The first-order chi connectivity index (χ1) is 6.86. The van der Waals surface area contributed by atoms with Crippen molar-refractivity contribution in [2.24, 2.45) is 11.3 Å². The number of nitrogens with one attached hydrogen (secondary N) is 1. The van der Waals surface area contributed by atoms with Gasteiger partial charge >= 0.3 is 0 Å². The lowest BCUT2D eigenvalue weighted by Crippen LogP contribution is -2.27. The predicted molar refractivity (Wildman–Crippen MR) is 59.3 cm³/mol. The summed E-state index contributed by atoms with van der Waals surface area (Å²) in [5, 5.41) is 3.73. The summed E-state index contributed by atoms with van der Waals surface area (Å²) in [6.07, 6.45) is 13.6. The van der Waals surface area contributed by atoms with Gasteiger partial charge in [-0.3, -0.25) is 0 Å². The molecule has 0 radical (unpaired) electrons. The first kappa shape index (κ1) is 9.21. The molecule has 3 aliphatic rings. The van der Waals surface area contributed by atoms with Crippen LogP contribution in [0.15, 0.2) is 0 Å². The molecule has 3 rings (SSSR count). The molecule has 0 aromatic heterocycles. The van der Waals surface area contributed by atoms with E-state index in [1.165, 1.54) is 57.9 Å². The van der Waals surface area contributed by atoms with Crippen LogP contribution >= 0.6 is 0 Å². The first-order valence-corrected chi connectivity index (χ1v) is 6.60. The Balaban J connectivity index is 1.44. The van der Waals surface area contributed by atoms with Crippen molar-refractivity contribution in [3.8, 4) is 0 Å². The summed E-state index contributed by atoms with van der Waals surface area (Å²) in [4.78, 5) is 0. The third kappa shape index (κ3) is 2.13. The molecule has 0 aromatic rings. The molecule has 0 aromatic carbocycles. The van der Waals surface area contributed by atoms with Crippen molar-refractivity contribution in [3.05, 3.63) is 0 Å². The van der Waals surface area contributed by atoms with Gasteiger partial charge in [-0.15, -0.1) is 0 Å². The molecular weight excluding hydrogens is 170 g/mol. The van der Waals surface area contributed by atoms with Gasteiger partial charge < -0.3 is 5.32 Å². The van der Waals surface area contributed by atoms with Crippen LogP contribution in [0.5, 0.6) is 0 Å². The lowest BCUT2D eigenvalue weighted by atomic mass is 9.90. The Labute approximate surface area is 87.7 Å². The third-order valence-corrected chi connectivity index (χ3v) is 4.50. The van der Waals surface area contributed by atoms with Crippen LogP contribution in [0.4, 0.5) is 0 Å². The zero-order valence-electron chi connectivity index (χ0n) is 9.23. The van der Waals surface area contributed by atoms with Gasteiger partial charge in [0.15, 0.2) is 0 Å². The Kier molecular flexibility index (Phi) is 2.31. The van der Waals surface area contributed by atoms with Crippen molar-refractivity contribution < 1.29 is 0 Å². The summed E-state index contributed by atoms with van der Waals surface area (Å²) < 4.78 is 0. The highest BCUT2D eigenvalue weighted by molar-refractivity contribution is 4.98. The fraction of sp³-hybridized carbons (Fsp3) is 1.00. The average molecular weight is 193 g/mol. The minimum Gasteiger partial charge on any atom is -0.313 e. The first-order valence-electron chi connectivity index (χ1n) is 6.60. The molecule has 0 heterocycles. The molecule has 1 heteroatoms. The van der Waals surface area contributed by atoms with Crippen molar-refractivity contribution >= 4 is 0 Å². The molecule has 0 atom stereocenters. The van der Waals surface area contributed by atoms with E-state index >= 15 is 0 Å². The largest absolute Gasteiger partial charge is 0.313 e. The fourth-order valence-corrected chi connectivity index (χ4v) is 3.11. The quantitative estimate of drug-likeness (QED) is 0.707. The summed E-state index contributed by atoms with van der Waals surface area (Å²) in [5.41, 5.74) is 0.775. The molecule has 14 heavy (non-hydrogen) atoms. The van der Waals surface area contributed by atoms with Crippen molar-refractivity contribution in [2.45, 2.75) is 63.8 Å². The molecule has 0 saturated heterocycles. The minimum atomic E-state index is 0.775. The standard InChI is InChI=1S/C13H23N/c1-2-4-11(3-1)9-13(7-8-13)10-14-12-5-6-12/h11-12,14H,1-10H2. The van der Waals surface area contributed by atoms with Gasteiger partial charge in [0.25, 0.3) is 0 Å². The van der Waals surface area contributed by atoms with Gasteiger partial charge in [-0.2, -0.15) is 0 Å². The Hall–Kier alpha value is -0.0400. The van der Waals surface area contributed by atoms with Crippen LogP contribution in [0.3, 0.4) is 0 Å². The summed E-state index contributed by atoms with van der Waals surface area (Å²) in [7, 11) is 0. The molecule has 3 aliphatic carbocycles. The van der Waals surface area contributed by atoms with Crippen LogP contribution in [-0.4, -0.2) is 12.6 Å². The van der Waals surface area contributed by atoms with Gasteiger partial charge in [-0.05, 0) is 43.4 Å². The van der Waals surface area contributed by atoms with Gasteiger partial charge in [0.05, 0.1) is 0 Å². The molecule has 3 fully saturated rings. The van der Waals surface area contributed by atoms with Crippen molar-refractivity contribution in [3.63, 3.8) is 0 Å². The van der Waals surface area contributed by atoms with Gasteiger partial charge in [-0.25, -0.2) is 0 Å². The minimum absolute atomic E-state index is 0.775. The van der Waals surface area contributed by atoms with Crippen molar-refractivity contribution in [2.75, 3.05) is 6.54 Å². The van der Waals surface area contributed by atoms with E-state index in [0.717, 1.165) is 17.4 Å². The van der Waals surface area contributed by atoms with Crippen LogP contribution in [-0.2, 0) is 0 Å². The highest BCUT2D eigenvalue weighted by Gasteiger charge is 2.44. The second kappa shape index (κ2) is 3.52. The highest BCUT2D eigenvalue weighted by atomic mass is 15.0. The zero-order chi connectivity index (χ0) is 9.43. The molecule has 3 saturated carbocycles. The zero-order valence-corrected chi connectivity index (χ0v) is 9.23. The maximum Gasteiger partial charge on any atom is 0.00684 e. The maximum absolute atomic E-state index is 3.73. The van der Waals surface area contributed by atoms with E-state index in [1.54, 1.807) is 6.42 Å². The van der Waals surface area contributed by atoms with Crippen molar-refractivity contribution in [1.29, 1.82) is 0 Å². The predicted octanol–water partition coefficient (Wildman–Crippen LogP) is 3.10. The SMILES string of the molecule is C1CCC(CC2(CNC3CC3)CC2)C1. The third-order valence-electron chi connectivity index (χ3n) is 4.50. The van der Waals surface area contributed by atoms with Gasteiger partial charge in [0, 0.05) is 12.6 Å². The van der Waals surface area contributed by atoms with E-state index in [4.69, 9.17) is 0 Å². The van der Waals surface area contributed by atoms with Crippen LogP contribution in [0.1, 0.15) is 57.8 Å². The Morgan fingerprint density at radius 1 is 1.00 bits per heavy atom. The molecule has 0 spiro atoms. The number of hydrogen-bond acceptors (Lipinski definition) is 1. The highest BCUT2D eigenvalue weighted by Crippen LogP contribution is 2.52. The lowest BCUT2D eigenvalue weighted by Gasteiger charge is -2.19. The molecule has 0 aliphatic heterocycles. The van der Waals surface area contributed by atoms with Gasteiger partial charge in [0.2, 0.25) is 0 Å². The summed E-state index contributed by atoms with van der Waals surface area (Å²) >= 11 is 0. The van der Waals surface area contributed by atoms with Gasteiger partial charge in [0.1, 0.15) is 0 Å². The Morgan fingerprint density at radius 3 is 2.29 bits per heavy atom. The fourth-order valence-electron chi connectivity index (χ4n) is 3.11. The van der Waals surface area contributed by atoms with E-state index in [1.807, 2.05) is 0 Å². The summed E-state index contributed by atoms with van der Waals surface area (Å²) in [6.45, 7) is 1.34. The molecular formula is C13H23N. The molecule has 1 N–H and O–H groups in total. The van der Waals surface area contributed by atoms with Crippen LogP contribution < -0.4 is 5.32 Å². The maximum atomic E-state index is 3.73. The van der Waals surface area contributed by atoms with E-state index in [-0.39, 0.29) is 0 Å². The van der Waals surface area contributed by atoms with E-state index in [9.17, 15) is 0 Å². The molecule has 1 nitrogen and oxygen atoms in total. The van der Waals surface area contributed by atoms with E-state index in [0.29, 0.717) is 0 Å². The molecule has 0 bridgehead atoms. The molecule has 0 amide bonds. The van der Waals surface area contributed by atoms with Gasteiger partial charge in [-0.1, -0.05) is 25.7 Å². The van der Waals surface area contributed by atoms with E-state index in [2.05, 4.69) is 5.32 Å².